The van der Waals surface area contributed by atoms with E-state index in [0.717, 1.165) is 62.3 Å². The van der Waals surface area contributed by atoms with E-state index in [4.69, 9.17) is 4.98 Å². The first kappa shape index (κ1) is 14.7. The van der Waals surface area contributed by atoms with E-state index in [9.17, 15) is 4.79 Å². The van der Waals surface area contributed by atoms with Crippen molar-refractivity contribution in [2.24, 2.45) is 5.92 Å². The van der Waals surface area contributed by atoms with Crippen molar-refractivity contribution in [2.45, 2.75) is 51.5 Å². The van der Waals surface area contributed by atoms with Gasteiger partial charge in [-0.15, -0.1) is 0 Å². The standard InChI is InChI=1S/C18H24N4O/c1-2-10-22-16(20-15-7-4-9-19-17(15)22)14-8-11-21(12-14)18(23)13-5-3-6-13/h4,7,9,13-14H,2-3,5-6,8,10-12H2,1H3/t14-/m1/s1. The number of hydrogen-bond donors (Lipinski definition) is 0. The molecule has 122 valence electrons. The van der Waals surface area contributed by atoms with Gasteiger partial charge < -0.3 is 9.47 Å². The third-order valence-electron chi connectivity index (χ3n) is 5.30. The number of nitrogens with zero attached hydrogens (tertiary/aromatic N) is 4. The zero-order chi connectivity index (χ0) is 15.8. The number of carbonyl (C=O) groups excluding carboxylic acids is 1. The molecule has 0 spiro atoms. The number of fused-ring (bicyclic) bond motifs is 1. The molecule has 1 saturated heterocycles. The molecule has 0 bridgehead atoms. The van der Waals surface area contributed by atoms with E-state index in [2.05, 4.69) is 21.4 Å². The highest BCUT2D eigenvalue weighted by Gasteiger charge is 2.35. The molecule has 3 heterocycles. The molecule has 4 rings (SSSR count). The van der Waals surface area contributed by atoms with Crippen LogP contribution in [-0.2, 0) is 11.3 Å². The topological polar surface area (TPSA) is 51.0 Å². The van der Waals surface area contributed by atoms with E-state index < -0.39 is 0 Å². The van der Waals surface area contributed by atoms with Gasteiger partial charge >= 0.3 is 0 Å². The molecule has 0 N–H and O–H groups in total. The van der Waals surface area contributed by atoms with Crippen LogP contribution < -0.4 is 0 Å². The Morgan fingerprint density at radius 2 is 2.22 bits per heavy atom. The van der Waals surface area contributed by atoms with Gasteiger partial charge in [-0.05, 0) is 37.8 Å². The molecule has 1 aliphatic heterocycles. The molecule has 0 radical (unpaired) electrons. The van der Waals surface area contributed by atoms with Gasteiger partial charge in [-0.2, -0.15) is 0 Å². The van der Waals surface area contributed by atoms with Crippen molar-refractivity contribution in [1.82, 2.24) is 19.4 Å². The molecule has 23 heavy (non-hydrogen) atoms. The summed E-state index contributed by atoms with van der Waals surface area (Å²) in [6.45, 7) is 4.82. The van der Waals surface area contributed by atoms with Crippen LogP contribution in [0.1, 0.15) is 50.8 Å². The first-order valence-electron chi connectivity index (χ1n) is 8.88. The highest BCUT2D eigenvalue weighted by Crippen LogP contribution is 2.33. The Hall–Kier alpha value is -1.91. The Bertz CT molecular complexity index is 719. The summed E-state index contributed by atoms with van der Waals surface area (Å²) < 4.78 is 2.26. The number of pyridine rings is 1. The van der Waals surface area contributed by atoms with E-state index in [1.807, 2.05) is 18.3 Å². The molecule has 2 aromatic heterocycles. The number of hydrogen-bond acceptors (Lipinski definition) is 3. The van der Waals surface area contributed by atoms with Gasteiger partial charge in [0.15, 0.2) is 5.65 Å². The van der Waals surface area contributed by atoms with Gasteiger partial charge in [-0.25, -0.2) is 9.97 Å². The van der Waals surface area contributed by atoms with Crippen molar-refractivity contribution in [3.05, 3.63) is 24.2 Å². The molecule has 0 aromatic carbocycles. The summed E-state index contributed by atoms with van der Waals surface area (Å²) in [6, 6.07) is 3.97. The average molecular weight is 312 g/mol. The number of aryl methyl sites for hydroxylation is 1. The maximum atomic E-state index is 12.5. The SMILES string of the molecule is CCCn1c([C@@H]2CCN(C(=O)C3CCC3)C2)nc2cccnc21. The summed E-state index contributed by atoms with van der Waals surface area (Å²) >= 11 is 0. The Morgan fingerprint density at radius 3 is 2.96 bits per heavy atom. The summed E-state index contributed by atoms with van der Waals surface area (Å²) in [5, 5.41) is 0. The van der Waals surface area contributed by atoms with Crippen LogP contribution in [0.3, 0.4) is 0 Å². The van der Waals surface area contributed by atoms with Crippen LogP contribution in [0.15, 0.2) is 18.3 Å². The van der Waals surface area contributed by atoms with E-state index in [1.165, 1.54) is 6.42 Å². The molecule has 0 unspecified atom stereocenters. The lowest BCUT2D eigenvalue weighted by molar-refractivity contribution is -0.137. The minimum absolute atomic E-state index is 0.296. The predicted octanol–water partition coefficient (Wildman–Crippen LogP) is 2.96. The van der Waals surface area contributed by atoms with Gasteiger partial charge in [0.1, 0.15) is 11.3 Å². The van der Waals surface area contributed by atoms with Crippen molar-refractivity contribution in [3.63, 3.8) is 0 Å². The average Bonchev–Trinajstić information content (AvgIpc) is 3.11. The Balaban J connectivity index is 1.59. The third kappa shape index (κ3) is 2.52. The fourth-order valence-corrected chi connectivity index (χ4v) is 3.82. The van der Waals surface area contributed by atoms with Crippen LogP contribution in [0.2, 0.25) is 0 Å². The van der Waals surface area contributed by atoms with Gasteiger partial charge in [0.25, 0.3) is 0 Å². The smallest absolute Gasteiger partial charge is 0.225 e. The van der Waals surface area contributed by atoms with Crippen molar-refractivity contribution in [3.8, 4) is 0 Å². The van der Waals surface area contributed by atoms with Crippen molar-refractivity contribution >= 4 is 17.1 Å². The molecular formula is C18H24N4O. The molecule has 2 fully saturated rings. The van der Waals surface area contributed by atoms with Gasteiger partial charge in [0.2, 0.25) is 5.91 Å². The minimum atomic E-state index is 0.296. The van der Waals surface area contributed by atoms with E-state index in [0.29, 0.717) is 17.7 Å². The molecular weight excluding hydrogens is 288 g/mol. The number of likely N-dealkylation sites (tertiary alicyclic amines) is 1. The van der Waals surface area contributed by atoms with Gasteiger partial charge in [0.05, 0.1) is 0 Å². The van der Waals surface area contributed by atoms with Crippen LogP contribution in [0.4, 0.5) is 0 Å². The first-order chi connectivity index (χ1) is 11.3. The number of carbonyl (C=O) groups is 1. The van der Waals surface area contributed by atoms with Crippen molar-refractivity contribution < 1.29 is 4.79 Å². The molecule has 1 saturated carbocycles. The number of rotatable bonds is 4. The number of aromatic nitrogens is 3. The van der Waals surface area contributed by atoms with E-state index in [1.54, 1.807) is 0 Å². The first-order valence-corrected chi connectivity index (χ1v) is 8.88. The molecule has 1 aliphatic carbocycles. The highest BCUT2D eigenvalue weighted by atomic mass is 16.2. The maximum Gasteiger partial charge on any atom is 0.225 e. The summed E-state index contributed by atoms with van der Waals surface area (Å²) in [5.41, 5.74) is 1.95. The van der Waals surface area contributed by atoms with Crippen LogP contribution in [-0.4, -0.2) is 38.4 Å². The zero-order valence-corrected chi connectivity index (χ0v) is 13.7. The van der Waals surface area contributed by atoms with E-state index in [-0.39, 0.29) is 0 Å². The van der Waals surface area contributed by atoms with Crippen molar-refractivity contribution in [1.29, 1.82) is 0 Å². The molecule has 5 nitrogen and oxygen atoms in total. The lowest BCUT2D eigenvalue weighted by Gasteiger charge is -2.29. The fourth-order valence-electron chi connectivity index (χ4n) is 3.82. The Labute approximate surface area is 136 Å². The minimum Gasteiger partial charge on any atom is -0.342 e. The van der Waals surface area contributed by atoms with Crippen LogP contribution in [0, 0.1) is 5.92 Å². The van der Waals surface area contributed by atoms with Gasteiger partial charge in [0, 0.05) is 37.7 Å². The van der Waals surface area contributed by atoms with Crippen LogP contribution in [0.25, 0.3) is 11.2 Å². The normalized spacial score (nSPS) is 21.8. The highest BCUT2D eigenvalue weighted by molar-refractivity contribution is 5.80. The summed E-state index contributed by atoms with van der Waals surface area (Å²) in [4.78, 5) is 23.9. The van der Waals surface area contributed by atoms with Crippen molar-refractivity contribution in [2.75, 3.05) is 13.1 Å². The second-order valence-electron chi connectivity index (χ2n) is 6.87. The van der Waals surface area contributed by atoms with E-state index >= 15 is 0 Å². The Kier molecular flexibility index (Phi) is 3.79. The maximum absolute atomic E-state index is 12.5. The molecule has 1 amide bonds. The second kappa shape index (κ2) is 5.95. The number of amides is 1. The lowest BCUT2D eigenvalue weighted by atomic mass is 9.84. The fraction of sp³-hybridized carbons (Fsp3) is 0.611. The predicted molar refractivity (Wildman–Crippen MR) is 89.1 cm³/mol. The molecule has 5 heteroatoms. The van der Waals surface area contributed by atoms with Gasteiger partial charge in [-0.3, -0.25) is 4.79 Å². The van der Waals surface area contributed by atoms with Gasteiger partial charge in [-0.1, -0.05) is 13.3 Å². The summed E-state index contributed by atoms with van der Waals surface area (Å²) in [5.74, 6) is 2.13. The summed E-state index contributed by atoms with van der Waals surface area (Å²) in [7, 11) is 0. The lowest BCUT2D eigenvalue weighted by Crippen LogP contribution is -2.37. The third-order valence-corrected chi connectivity index (χ3v) is 5.30. The monoisotopic (exact) mass is 312 g/mol. The van der Waals surface area contributed by atoms with Crippen LogP contribution >= 0.6 is 0 Å². The molecule has 2 aromatic rings. The molecule has 1 atom stereocenters. The largest absolute Gasteiger partial charge is 0.342 e. The quantitative estimate of drug-likeness (QED) is 0.872. The zero-order valence-electron chi connectivity index (χ0n) is 13.7. The molecule has 2 aliphatic rings. The second-order valence-corrected chi connectivity index (χ2v) is 6.87. The number of imidazole rings is 1. The Morgan fingerprint density at radius 1 is 1.35 bits per heavy atom. The van der Waals surface area contributed by atoms with Crippen LogP contribution in [0.5, 0.6) is 0 Å². The summed E-state index contributed by atoms with van der Waals surface area (Å²) in [6.07, 6.45) is 7.29.